The zero-order valence-corrected chi connectivity index (χ0v) is 29.2. The number of carbonyl (C=O) groups is 3. The number of nitrogens with one attached hydrogen (secondary N) is 3. The molecule has 0 bridgehead atoms. The summed E-state index contributed by atoms with van der Waals surface area (Å²) < 4.78 is 6.10. The van der Waals surface area contributed by atoms with Crippen LogP contribution in [0.1, 0.15) is 61.0 Å². The van der Waals surface area contributed by atoms with E-state index in [2.05, 4.69) is 34.3 Å². The van der Waals surface area contributed by atoms with Crippen LogP contribution in [0.5, 0.6) is 5.75 Å². The quantitative estimate of drug-likeness (QED) is 0.0433. The summed E-state index contributed by atoms with van der Waals surface area (Å²) in [5.74, 6) is 0.341. The molecule has 3 aromatic carbocycles. The summed E-state index contributed by atoms with van der Waals surface area (Å²) in [6, 6.07) is 29.7. The van der Waals surface area contributed by atoms with Gasteiger partial charge in [-0.2, -0.15) is 0 Å². The average Bonchev–Trinajstić information content (AvgIpc) is 3.48. The lowest BCUT2D eigenvalue weighted by atomic mass is 10.1. The number of para-hydroxylation sites is 1. The lowest BCUT2D eigenvalue weighted by Gasteiger charge is -2.23. The maximum atomic E-state index is 13.4. The Labute approximate surface area is 299 Å². The Kier molecular flexibility index (Phi) is 13.7. The van der Waals surface area contributed by atoms with Crippen LogP contribution in [-0.4, -0.2) is 57.5 Å². The van der Waals surface area contributed by atoms with Crippen molar-refractivity contribution >= 4 is 28.6 Å². The molecule has 2 heterocycles. The van der Waals surface area contributed by atoms with Crippen LogP contribution in [-0.2, 0) is 33.8 Å². The third-order valence-corrected chi connectivity index (χ3v) is 9.00. The highest BCUT2D eigenvalue weighted by Gasteiger charge is 2.16. The third-order valence-electron chi connectivity index (χ3n) is 9.00. The first-order valence-electron chi connectivity index (χ1n) is 17.7. The van der Waals surface area contributed by atoms with Crippen LogP contribution in [0, 0.1) is 6.92 Å². The van der Waals surface area contributed by atoms with Crippen molar-refractivity contribution in [3.05, 3.63) is 120 Å². The number of benzene rings is 3. The number of ether oxygens (including phenoxy) is 1. The number of H-pyrrole nitrogens is 1. The van der Waals surface area contributed by atoms with Crippen LogP contribution in [0.2, 0.25) is 0 Å². The molecule has 10 nitrogen and oxygen atoms in total. The molecular formula is C41H47N5O5. The third kappa shape index (κ3) is 11.3. The van der Waals surface area contributed by atoms with E-state index in [9.17, 15) is 14.4 Å². The zero-order chi connectivity index (χ0) is 35.8. The minimum Gasteiger partial charge on any atom is -0.492 e. The summed E-state index contributed by atoms with van der Waals surface area (Å²) in [4.78, 5) is 46.9. The van der Waals surface area contributed by atoms with Gasteiger partial charge in [-0.25, -0.2) is 5.48 Å². The van der Waals surface area contributed by atoms with E-state index in [4.69, 9.17) is 9.94 Å². The van der Waals surface area contributed by atoms with Crippen molar-refractivity contribution in [3.8, 4) is 16.9 Å². The van der Waals surface area contributed by atoms with E-state index < -0.39 is 0 Å². The number of amides is 3. The molecule has 266 valence electrons. The van der Waals surface area contributed by atoms with Gasteiger partial charge < -0.3 is 19.9 Å². The normalized spacial score (nSPS) is 10.9. The van der Waals surface area contributed by atoms with Crippen molar-refractivity contribution in [2.24, 2.45) is 0 Å². The Balaban J connectivity index is 1.11. The summed E-state index contributed by atoms with van der Waals surface area (Å²) in [7, 11) is 0. The molecule has 2 aromatic heterocycles. The predicted octanol–water partition coefficient (Wildman–Crippen LogP) is 6.69. The van der Waals surface area contributed by atoms with Gasteiger partial charge in [0.2, 0.25) is 17.7 Å². The summed E-state index contributed by atoms with van der Waals surface area (Å²) in [5, 5.41) is 12.8. The number of rotatable bonds is 19. The number of nitrogens with zero attached hydrogens (tertiary/aromatic N) is 2. The van der Waals surface area contributed by atoms with E-state index in [0.29, 0.717) is 50.5 Å². The van der Waals surface area contributed by atoms with E-state index in [1.807, 2.05) is 83.8 Å². The molecule has 0 atom stereocenters. The van der Waals surface area contributed by atoms with E-state index in [1.54, 1.807) is 11.7 Å². The minimum atomic E-state index is -0.386. The van der Waals surface area contributed by atoms with Gasteiger partial charge in [0.1, 0.15) is 12.4 Å². The number of fused-ring (bicyclic) bond motifs is 1. The number of pyridine rings is 1. The molecule has 0 fully saturated rings. The largest absolute Gasteiger partial charge is 0.492 e. The first kappa shape index (κ1) is 36.8. The van der Waals surface area contributed by atoms with Crippen molar-refractivity contribution in [2.45, 2.75) is 64.8 Å². The molecule has 0 saturated carbocycles. The molecule has 0 radical (unpaired) electrons. The molecule has 0 aliphatic carbocycles. The fraction of sp³-hybridized carbons (Fsp3) is 0.317. The zero-order valence-electron chi connectivity index (χ0n) is 29.2. The van der Waals surface area contributed by atoms with Crippen molar-refractivity contribution in [1.82, 2.24) is 25.7 Å². The smallest absolute Gasteiger partial charge is 0.243 e. The van der Waals surface area contributed by atoms with Gasteiger partial charge in [-0.15, -0.1) is 0 Å². The highest BCUT2D eigenvalue weighted by atomic mass is 16.5. The molecule has 0 unspecified atom stereocenters. The van der Waals surface area contributed by atoms with Crippen LogP contribution in [0.15, 0.2) is 97.2 Å². The van der Waals surface area contributed by atoms with Crippen LogP contribution in [0.25, 0.3) is 22.0 Å². The van der Waals surface area contributed by atoms with E-state index in [0.717, 1.165) is 53.6 Å². The molecule has 51 heavy (non-hydrogen) atoms. The molecule has 0 aliphatic heterocycles. The number of hydroxylamine groups is 1. The minimum absolute atomic E-state index is 0.0732. The van der Waals surface area contributed by atoms with Crippen LogP contribution < -0.4 is 15.5 Å². The first-order valence-corrected chi connectivity index (χ1v) is 17.7. The Morgan fingerprint density at radius 2 is 1.53 bits per heavy atom. The molecule has 3 amide bonds. The predicted molar refractivity (Wildman–Crippen MR) is 198 cm³/mol. The van der Waals surface area contributed by atoms with E-state index in [1.165, 1.54) is 10.9 Å². The monoisotopic (exact) mass is 689 g/mol. The number of aromatic amines is 1. The van der Waals surface area contributed by atoms with Gasteiger partial charge in [-0.05, 0) is 67.1 Å². The van der Waals surface area contributed by atoms with Gasteiger partial charge in [-0.1, -0.05) is 79.6 Å². The Morgan fingerprint density at radius 3 is 2.27 bits per heavy atom. The van der Waals surface area contributed by atoms with E-state index in [-0.39, 0.29) is 30.6 Å². The fourth-order valence-corrected chi connectivity index (χ4v) is 6.13. The fourth-order valence-electron chi connectivity index (χ4n) is 6.13. The lowest BCUT2D eigenvalue weighted by Crippen LogP contribution is -2.36. The highest BCUT2D eigenvalue weighted by Crippen LogP contribution is 2.24. The maximum absolute atomic E-state index is 13.4. The molecular weight excluding hydrogens is 642 g/mol. The van der Waals surface area contributed by atoms with Gasteiger partial charge >= 0.3 is 0 Å². The van der Waals surface area contributed by atoms with Gasteiger partial charge in [0.05, 0.1) is 13.0 Å². The first-order chi connectivity index (χ1) is 24.9. The Hall–Kier alpha value is -5.48. The number of carbonyl (C=O) groups excluding carboxylic acids is 3. The van der Waals surface area contributed by atoms with Crippen molar-refractivity contribution in [2.75, 3.05) is 19.7 Å². The summed E-state index contributed by atoms with van der Waals surface area (Å²) in [5.41, 5.74) is 8.76. The van der Waals surface area contributed by atoms with Crippen LogP contribution in [0.4, 0.5) is 0 Å². The number of aryl methyl sites for hydroxylation is 1. The number of aromatic nitrogens is 2. The highest BCUT2D eigenvalue weighted by molar-refractivity contribution is 5.84. The lowest BCUT2D eigenvalue weighted by molar-refractivity contribution is -0.132. The van der Waals surface area contributed by atoms with E-state index >= 15 is 0 Å². The number of unbranched alkanes of at least 4 members (excludes halogenated alkanes) is 3. The number of hydrogen-bond acceptors (Lipinski definition) is 6. The molecule has 5 aromatic rings. The molecule has 5 rings (SSSR count). The Bertz CT molecular complexity index is 1860. The summed E-state index contributed by atoms with van der Waals surface area (Å²) in [6.45, 7) is 3.96. The van der Waals surface area contributed by atoms with Crippen LogP contribution in [0.3, 0.4) is 0 Å². The SMILES string of the molecule is Cc1[nH]c2ccccc2c1CCN(CCOc1ccc(-c2ccc(CC(=O)NCc3ccccc3)nc2)cc1)C(=O)CCCCCCC(=O)NO. The van der Waals surface area contributed by atoms with Crippen molar-refractivity contribution < 1.29 is 24.3 Å². The molecule has 0 spiro atoms. The second-order valence-corrected chi connectivity index (χ2v) is 12.7. The molecule has 0 saturated heterocycles. The Morgan fingerprint density at radius 1 is 0.804 bits per heavy atom. The van der Waals surface area contributed by atoms with Gasteiger partial charge in [0.15, 0.2) is 0 Å². The average molecular weight is 690 g/mol. The second-order valence-electron chi connectivity index (χ2n) is 12.7. The summed E-state index contributed by atoms with van der Waals surface area (Å²) >= 11 is 0. The summed E-state index contributed by atoms with van der Waals surface area (Å²) in [6.07, 6.45) is 6.50. The van der Waals surface area contributed by atoms with Crippen molar-refractivity contribution in [1.29, 1.82) is 0 Å². The van der Waals surface area contributed by atoms with Gasteiger partial charge in [0.25, 0.3) is 0 Å². The second kappa shape index (κ2) is 19.1. The standard InChI is InChI=1S/C41H47N5O5/c1-30-36(37-13-9-10-14-38(37)44-30)23-24-46(41(49)16-8-3-2-7-15-39(47)45-50)25-26-51-35-21-18-32(19-22-35)33-17-20-34(42-29-33)27-40(48)43-28-31-11-5-4-6-12-31/h4-6,9-14,17-22,29,44,50H,2-3,7-8,15-16,23-28H2,1H3,(H,43,48)(H,45,47). The van der Waals surface area contributed by atoms with Gasteiger partial charge in [0, 0.05) is 60.0 Å². The van der Waals surface area contributed by atoms with Crippen molar-refractivity contribution in [3.63, 3.8) is 0 Å². The molecule has 0 aliphatic rings. The molecule has 4 N–H and O–H groups in total. The molecule has 10 heteroatoms. The van der Waals surface area contributed by atoms with Gasteiger partial charge in [-0.3, -0.25) is 24.6 Å². The van der Waals surface area contributed by atoms with Crippen LogP contribution >= 0.6 is 0 Å². The number of hydrogen-bond donors (Lipinski definition) is 4. The maximum Gasteiger partial charge on any atom is 0.243 e. The topological polar surface area (TPSA) is 137 Å².